The van der Waals surface area contributed by atoms with Crippen LogP contribution in [0, 0.1) is 12.8 Å². The Hall–Kier alpha value is -2.58. The molecule has 0 aromatic heterocycles. The molecule has 2 aliphatic rings. The van der Waals surface area contributed by atoms with E-state index in [1.54, 1.807) is 0 Å². The maximum absolute atomic E-state index is 12.9. The molecular formula is C19H22F3N3O3. The normalized spacial score (nSPS) is 22.6. The van der Waals surface area contributed by atoms with E-state index in [0.29, 0.717) is 25.1 Å². The summed E-state index contributed by atoms with van der Waals surface area (Å²) >= 11 is 0. The lowest BCUT2D eigenvalue weighted by molar-refractivity contribution is -0.146. The summed E-state index contributed by atoms with van der Waals surface area (Å²) in [7, 11) is 0. The number of aryl methyl sites for hydroxylation is 1. The summed E-state index contributed by atoms with van der Waals surface area (Å²) < 4.78 is 37.0. The number of nitrogens with one attached hydrogen (secondary N) is 1. The number of carbonyl (C=O) groups excluding carboxylic acids is 3. The average Bonchev–Trinajstić information content (AvgIpc) is 3.26. The third-order valence-corrected chi connectivity index (χ3v) is 5.12. The number of halogens is 3. The third kappa shape index (κ3) is 4.45. The van der Waals surface area contributed by atoms with Gasteiger partial charge < -0.3 is 15.1 Å². The number of rotatable bonds is 4. The second kappa shape index (κ2) is 7.81. The number of anilines is 1. The Labute approximate surface area is 160 Å². The summed E-state index contributed by atoms with van der Waals surface area (Å²) in [5, 5.41) is 1.85. The molecule has 1 N–H and O–H groups in total. The van der Waals surface area contributed by atoms with Crippen molar-refractivity contribution in [1.29, 1.82) is 0 Å². The van der Waals surface area contributed by atoms with Crippen LogP contribution in [0.4, 0.5) is 18.9 Å². The van der Waals surface area contributed by atoms with Crippen molar-refractivity contribution in [2.45, 2.75) is 38.4 Å². The predicted octanol–water partition coefficient (Wildman–Crippen LogP) is 2.02. The van der Waals surface area contributed by atoms with E-state index in [0.717, 1.165) is 5.56 Å². The fourth-order valence-electron chi connectivity index (χ4n) is 3.69. The molecule has 6 nitrogen and oxygen atoms in total. The summed E-state index contributed by atoms with van der Waals surface area (Å²) in [6.07, 6.45) is -3.62. The van der Waals surface area contributed by atoms with E-state index in [-0.39, 0.29) is 24.8 Å². The lowest BCUT2D eigenvalue weighted by atomic mass is 10.1. The van der Waals surface area contributed by atoms with Gasteiger partial charge in [0.05, 0.1) is 5.92 Å². The first-order valence-corrected chi connectivity index (χ1v) is 9.17. The van der Waals surface area contributed by atoms with Gasteiger partial charge in [0.15, 0.2) is 0 Å². The second-order valence-electron chi connectivity index (χ2n) is 7.26. The van der Waals surface area contributed by atoms with Crippen molar-refractivity contribution in [3.05, 3.63) is 29.8 Å². The van der Waals surface area contributed by atoms with Crippen molar-refractivity contribution in [1.82, 2.24) is 10.2 Å². The molecule has 0 bridgehead atoms. The Kier molecular flexibility index (Phi) is 5.62. The zero-order valence-electron chi connectivity index (χ0n) is 15.5. The number of benzene rings is 1. The van der Waals surface area contributed by atoms with E-state index in [2.05, 4.69) is 0 Å². The zero-order valence-corrected chi connectivity index (χ0v) is 15.5. The Morgan fingerprint density at radius 3 is 2.54 bits per heavy atom. The monoisotopic (exact) mass is 397 g/mol. The molecule has 1 aromatic rings. The summed E-state index contributed by atoms with van der Waals surface area (Å²) in [6.45, 7) is 1.01. The molecule has 0 aliphatic carbocycles. The number of amides is 3. The molecule has 1 aromatic carbocycles. The first-order valence-electron chi connectivity index (χ1n) is 9.17. The van der Waals surface area contributed by atoms with Crippen LogP contribution in [0.5, 0.6) is 0 Å². The molecule has 2 saturated heterocycles. The van der Waals surface area contributed by atoms with Crippen LogP contribution in [0.1, 0.15) is 24.8 Å². The van der Waals surface area contributed by atoms with Crippen LogP contribution in [-0.2, 0) is 14.4 Å². The first-order chi connectivity index (χ1) is 13.2. The van der Waals surface area contributed by atoms with Gasteiger partial charge in [-0.1, -0.05) is 17.7 Å². The number of hydrogen-bond donors (Lipinski definition) is 1. The Morgan fingerprint density at radius 2 is 1.89 bits per heavy atom. The maximum atomic E-state index is 12.9. The van der Waals surface area contributed by atoms with Gasteiger partial charge in [0.1, 0.15) is 12.6 Å². The minimum atomic E-state index is -4.50. The van der Waals surface area contributed by atoms with Gasteiger partial charge in [-0.25, -0.2) is 0 Å². The SMILES string of the molecule is Cc1ccc(N2CC(C(=O)N3CCCC3C(=O)NCC(F)(F)F)CC2=O)cc1. The Morgan fingerprint density at radius 1 is 1.21 bits per heavy atom. The smallest absolute Gasteiger partial charge is 0.345 e. The summed E-state index contributed by atoms with van der Waals surface area (Å²) in [4.78, 5) is 40.2. The fraction of sp³-hybridized carbons (Fsp3) is 0.526. The van der Waals surface area contributed by atoms with Crippen LogP contribution in [0.25, 0.3) is 0 Å². The standard InChI is InChI=1S/C19H22F3N3O3/c1-12-4-6-14(7-5-12)25-10-13(9-16(25)26)18(28)24-8-2-3-15(24)17(27)23-11-19(20,21)22/h4-7,13,15H,2-3,8-11H2,1H3,(H,23,27). The van der Waals surface area contributed by atoms with Gasteiger partial charge in [0.2, 0.25) is 17.7 Å². The Balaban J connectivity index is 1.65. The van der Waals surface area contributed by atoms with Crippen molar-refractivity contribution in [3.63, 3.8) is 0 Å². The van der Waals surface area contributed by atoms with E-state index in [4.69, 9.17) is 0 Å². The van der Waals surface area contributed by atoms with Crippen molar-refractivity contribution < 1.29 is 27.6 Å². The van der Waals surface area contributed by atoms with Crippen molar-refractivity contribution in [2.24, 2.45) is 5.92 Å². The van der Waals surface area contributed by atoms with Gasteiger partial charge >= 0.3 is 6.18 Å². The fourth-order valence-corrected chi connectivity index (χ4v) is 3.69. The molecule has 152 valence electrons. The van der Waals surface area contributed by atoms with Crippen LogP contribution in [0.3, 0.4) is 0 Å². The highest BCUT2D eigenvalue weighted by atomic mass is 19.4. The molecule has 2 unspecified atom stereocenters. The summed E-state index contributed by atoms with van der Waals surface area (Å²) in [5.41, 5.74) is 1.75. The van der Waals surface area contributed by atoms with Gasteiger partial charge in [0, 0.05) is 25.2 Å². The molecule has 0 spiro atoms. The van der Waals surface area contributed by atoms with Crippen LogP contribution < -0.4 is 10.2 Å². The molecule has 3 amide bonds. The maximum Gasteiger partial charge on any atom is 0.405 e. The topological polar surface area (TPSA) is 69.7 Å². The van der Waals surface area contributed by atoms with E-state index in [1.165, 1.54) is 9.80 Å². The number of hydrogen-bond acceptors (Lipinski definition) is 3. The molecule has 2 heterocycles. The summed E-state index contributed by atoms with van der Waals surface area (Å²) in [5.74, 6) is -1.94. The first kappa shape index (κ1) is 20.2. The van der Waals surface area contributed by atoms with Crippen LogP contribution in [0.15, 0.2) is 24.3 Å². The minimum Gasteiger partial charge on any atom is -0.345 e. The molecule has 9 heteroatoms. The molecule has 28 heavy (non-hydrogen) atoms. The predicted molar refractivity (Wildman–Crippen MR) is 95.4 cm³/mol. The van der Waals surface area contributed by atoms with Gasteiger partial charge in [-0.05, 0) is 31.9 Å². The van der Waals surface area contributed by atoms with Gasteiger partial charge in [0.25, 0.3) is 0 Å². The number of carbonyl (C=O) groups is 3. The highest BCUT2D eigenvalue weighted by molar-refractivity contribution is 6.01. The van der Waals surface area contributed by atoms with E-state index < -0.39 is 30.6 Å². The highest BCUT2D eigenvalue weighted by Gasteiger charge is 2.42. The number of alkyl halides is 3. The minimum absolute atomic E-state index is 0.0279. The average molecular weight is 397 g/mol. The van der Waals surface area contributed by atoms with Crippen molar-refractivity contribution in [2.75, 3.05) is 24.5 Å². The number of likely N-dealkylation sites (tertiary alicyclic amines) is 1. The van der Waals surface area contributed by atoms with Gasteiger partial charge in [-0.3, -0.25) is 14.4 Å². The van der Waals surface area contributed by atoms with Gasteiger partial charge in [-0.15, -0.1) is 0 Å². The van der Waals surface area contributed by atoms with Crippen LogP contribution >= 0.6 is 0 Å². The lowest BCUT2D eigenvalue weighted by Gasteiger charge is -2.26. The second-order valence-corrected chi connectivity index (χ2v) is 7.26. The van der Waals surface area contributed by atoms with Crippen LogP contribution in [-0.4, -0.2) is 54.5 Å². The number of nitrogens with zero attached hydrogens (tertiary/aromatic N) is 2. The van der Waals surface area contributed by atoms with E-state index in [9.17, 15) is 27.6 Å². The highest BCUT2D eigenvalue weighted by Crippen LogP contribution is 2.29. The molecule has 0 radical (unpaired) electrons. The molecule has 2 fully saturated rings. The molecule has 2 atom stereocenters. The zero-order chi connectivity index (χ0) is 20.5. The lowest BCUT2D eigenvalue weighted by Crippen LogP contribution is -2.49. The molecular weight excluding hydrogens is 375 g/mol. The van der Waals surface area contributed by atoms with Crippen molar-refractivity contribution >= 4 is 23.4 Å². The quantitative estimate of drug-likeness (QED) is 0.845. The Bertz CT molecular complexity index is 764. The third-order valence-electron chi connectivity index (χ3n) is 5.12. The van der Waals surface area contributed by atoms with Crippen molar-refractivity contribution in [3.8, 4) is 0 Å². The van der Waals surface area contributed by atoms with Crippen LogP contribution in [0.2, 0.25) is 0 Å². The van der Waals surface area contributed by atoms with Gasteiger partial charge in [-0.2, -0.15) is 13.2 Å². The molecule has 3 rings (SSSR count). The molecule has 2 aliphatic heterocycles. The van der Waals surface area contributed by atoms with E-state index in [1.807, 2.05) is 36.5 Å². The molecule has 0 saturated carbocycles. The summed E-state index contributed by atoms with van der Waals surface area (Å²) in [6, 6.07) is 6.45. The largest absolute Gasteiger partial charge is 0.405 e. The van der Waals surface area contributed by atoms with E-state index >= 15 is 0 Å².